The minimum absolute atomic E-state index is 1.08. The summed E-state index contributed by atoms with van der Waals surface area (Å²) >= 11 is 0. The second-order valence-corrected chi connectivity index (χ2v) is 3.01. The molecule has 0 fully saturated rings. The van der Waals surface area contributed by atoms with E-state index in [0.29, 0.717) is 0 Å². The summed E-state index contributed by atoms with van der Waals surface area (Å²) in [6.07, 6.45) is 0. The van der Waals surface area contributed by atoms with Gasteiger partial charge in [-0.15, -0.1) is 4.90 Å². The molecule has 0 spiro atoms. The van der Waals surface area contributed by atoms with Gasteiger partial charge in [-0.2, -0.15) is 0 Å². The van der Waals surface area contributed by atoms with Crippen LogP contribution in [0.15, 0.2) is 24.3 Å². The monoisotopic (exact) mass is 163 g/mol. The molecule has 0 amide bonds. The van der Waals surface area contributed by atoms with E-state index in [0.717, 1.165) is 13.1 Å². The van der Waals surface area contributed by atoms with Crippen molar-refractivity contribution < 1.29 is 0 Å². The Kier molecular flexibility index (Phi) is 3.30. The molecule has 0 saturated carbocycles. The van der Waals surface area contributed by atoms with Gasteiger partial charge in [0.05, 0.1) is 0 Å². The molecule has 0 aromatic heterocycles. The Hall–Kier alpha value is -0.820. The van der Waals surface area contributed by atoms with Crippen LogP contribution in [0.5, 0.6) is 0 Å². The van der Waals surface area contributed by atoms with Crippen molar-refractivity contribution in [2.24, 2.45) is 0 Å². The van der Waals surface area contributed by atoms with E-state index in [1.54, 1.807) is 0 Å². The van der Waals surface area contributed by atoms with Crippen molar-refractivity contribution in [3.8, 4) is 0 Å². The van der Waals surface area contributed by atoms with Crippen LogP contribution in [0, 0.1) is 6.92 Å². The summed E-state index contributed by atoms with van der Waals surface area (Å²) in [4.78, 5) is 2.35. The maximum Gasteiger partial charge on any atom is 0.180 e. The Morgan fingerprint density at radius 3 is 1.92 bits per heavy atom. The zero-order chi connectivity index (χ0) is 8.97. The van der Waals surface area contributed by atoms with Gasteiger partial charge in [0.1, 0.15) is 13.1 Å². The maximum atomic E-state index is 2.35. The molecule has 0 aliphatic rings. The summed E-state index contributed by atoms with van der Waals surface area (Å²) < 4.78 is 0. The molecule has 1 aromatic rings. The quantitative estimate of drug-likeness (QED) is 0.604. The van der Waals surface area contributed by atoms with Crippen molar-refractivity contribution in [2.75, 3.05) is 13.1 Å². The van der Waals surface area contributed by atoms with Gasteiger partial charge >= 0.3 is 0 Å². The number of nitrogens with zero attached hydrogens (tertiary/aromatic N) is 1. The van der Waals surface area contributed by atoms with Gasteiger partial charge in [-0.05, 0) is 20.8 Å². The second kappa shape index (κ2) is 4.27. The predicted octanol–water partition coefficient (Wildman–Crippen LogP) is 2.81. The number of anilines is 1. The first kappa shape index (κ1) is 9.27. The Morgan fingerprint density at radius 1 is 1.00 bits per heavy atom. The Bertz CT molecular complexity index is 221. The molecule has 0 aliphatic heterocycles. The Balaban J connectivity index is 2.80. The zero-order valence-electron chi connectivity index (χ0n) is 8.17. The van der Waals surface area contributed by atoms with Crippen LogP contribution in [0.3, 0.4) is 0 Å². The van der Waals surface area contributed by atoms with E-state index in [1.165, 1.54) is 11.3 Å². The van der Waals surface area contributed by atoms with E-state index in [2.05, 4.69) is 49.9 Å². The average Bonchev–Trinajstić information content (AvgIpc) is 2.10. The molecule has 1 aromatic carbocycles. The predicted molar refractivity (Wildman–Crippen MR) is 54.1 cm³/mol. The molecule has 12 heavy (non-hydrogen) atoms. The van der Waals surface area contributed by atoms with E-state index in [-0.39, 0.29) is 0 Å². The fraction of sp³-hybridized carbons (Fsp3) is 0.455. The molecule has 1 radical (unpaired) electrons. The summed E-state index contributed by atoms with van der Waals surface area (Å²) in [6.45, 7) is 8.65. The molecule has 1 rings (SSSR count). The second-order valence-electron chi connectivity index (χ2n) is 3.01. The third-order valence-corrected chi connectivity index (χ3v) is 2.16. The Morgan fingerprint density at radius 2 is 1.50 bits per heavy atom. The van der Waals surface area contributed by atoms with Gasteiger partial charge in [0, 0.05) is 12.1 Å². The van der Waals surface area contributed by atoms with Gasteiger partial charge in [-0.25, -0.2) is 0 Å². The number of rotatable bonds is 3. The summed E-state index contributed by atoms with van der Waals surface area (Å²) in [6, 6.07) is 8.69. The van der Waals surface area contributed by atoms with Crippen molar-refractivity contribution in [3.05, 3.63) is 29.8 Å². The molecule has 1 nitrogen and oxygen atoms in total. The van der Waals surface area contributed by atoms with Crippen LogP contribution >= 0.6 is 0 Å². The van der Waals surface area contributed by atoms with Crippen molar-refractivity contribution in [1.29, 1.82) is 0 Å². The average molecular weight is 163 g/mol. The van der Waals surface area contributed by atoms with Crippen LogP contribution in [0.2, 0.25) is 0 Å². The standard InChI is InChI=1S/C11H17N/c1-4-12(5-2)11-8-6-10(3)7-9-11/h6-9H,4-5H2,1-3H3/q+1. The van der Waals surface area contributed by atoms with Gasteiger partial charge < -0.3 is 0 Å². The van der Waals surface area contributed by atoms with Crippen molar-refractivity contribution in [1.82, 2.24) is 4.90 Å². The zero-order valence-corrected chi connectivity index (χ0v) is 8.17. The molecule has 0 unspecified atom stereocenters. The van der Waals surface area contributed by atoms with Crippen LogP contribution in [-0.4, -0.2) is 13.1 Å². The number of hydrogen-bond donors (Lipinski definition) is 0. The maximum absolute atomic E-state index is 2.35. The minimum Gasteiger partial charge on any atom is -0.135 e. The third-order valence-electron chi connectivity index (χ3n) is 2.16. The lowest BCUT2D eigenvalue weighted by Gasteiger charge is -2.06. The van der Waals surface area contributed by atoms with Crippen molar-refractivity contribution in [2.45, 2.75) is 20.8 Å². The topological polar surface area (TPSA) is 5.90 Å². The van der Waals surface area contributed by atoms with Gasteiger partial charge in [-0.1, -0.05) is 17.7 Å². The summed E-state index contributed by atoms with van der Waals surface area (Å²) in [7, 11) is 0. The van der Waals surface area contributed by atoms with Crippen LogP contribution in [0.4, 0.5) is 5.69 Å². The third kappa shape index (κ3) is 2.08. The number of benzene rings is 1. The number of hydrogen-bond acceptors (Lipinski definition) is 1. The highest BCUT2D eigenvalue weighted by Gasteiger charge is 2.11. The lowest BCUT2D eigenvalue weighted by Crippen LogP contribution is -2.22. The van der Waals surface area contributed by atoms with Crippen LogP contribution in [-0.2, 0) is 0 Å². The Labute approximate surface area is 75.0 Å². The first-order valence-electron chi connectivity index (χ1n) is 4.59. The summed E-state index contributed by atoms with van der Waals surface area (Å²) in [5.41, 5.74) is 2.65. The van der Waals surface area contributed by atoms with Gasteiger partial charge in [-0.3, -0.25) is 0 Å². The normalized spacial score (nSPS) is 10.7. The van der Waals surface area contributed by atoms with Gasteiger partial charge in [0.2, 0.25) is 0 Å². The largest absolute Gasteiger partial charge is 0.180 e. The smallest absolute Gasteiger partial charge is 0.135 e. The van der Waals surface area contributed by atoms with Gasteiger partial charge in [0.15, 0.2) is 5.69 Å². The summed E-state index contributed by atoms with van der Waals surface area (Å²) in [5, 5.41) is 0. The minimum atomic E-state index is 1.08. The molecule has 0 bridgehead atoms. The molecule has 0 aliphatic carbocycles. The van der Waals surface area contributed by atoms with E-state index in [4.69, 9.17) is 0 Å². The number of aryl methyl sites for hydroxylation is 1. The molecule has 1 heteroatoms. The molecule has 0 saturated heterocycles. The van der Waals surface area contributed by atoms with Crippen LogP contribution in [0.1, 0.15) is 19.4 Å². The molecular weight excluding hydrogens is 146 g/mol. The van der Waals surface area contributed by atoms with Crippen molar-refractivity contribution in [3.63, 3.8) is 0 Å². The summed E-state index contributed by atoms with van der Waals surface area (Å²) in [5.74, 6) is 0. The lowest BCUT2D eigenvalue weighted by atomic mass is 10.2. The molecule has 0 atom stereocenters. The van der Waals surface area contributed by atoms with Crippen LogP contribution < -0.4 is 4.90 Å². The highest BCUT2D eigenvalue weighted by molar-refractivity contribution is 5.40. The van der Waals surface area contributed by atoms with E-state index in [9.17, 15) is 0 Å². The first-order chi connectivity index (χ1) is 5.77. The van der Waals surface area contributed by atoms with E-state index >= 15 is 0 Å². The van der Waals surface area contributed by atoms with E-state index in [1.807, 2.05) is 0 Å². The highest BCUT2D eigenvalue weighted by Crippen LogP contribution is 2.13. The fourth-order valence-electron chi connectivity index (χ4n) is 1.34. The SMILES string of the molecule is CC[N+](CC)c1ccc(C)cc1. The van der Waals surface area contributed by atoms with Crippen molar-refractivity contribution >= 4 is 5.69 Å². The molecule has 65 valence electrons. The highest BCUT2D eigenvalue weighted by atomic mass is 15.1. The van der Waals surface area contributed by atoms with Crippen LogP contribution in [0.25, 0.3) is 0 Å². The molecule has 0 heterocycles. The molecule has 0 N–H and O–H groups in total. The lowest BCUT2D eigenvalue weighted by molar-refractivity contribution is 0.583. The van der Waals surface area contributed by atoms with Gasteiger partial charge in [0.25, 0.3) is 0 Å². The first-order valence-corrected chi connectivity index (χ1v) is 4.59. The van der Waals surface area contributed by atoms with E-state index < -0.39 is 0 Å². The molecular formula is C11H17N+. The fourth-order valence-corrected chi connectivity index (χ4v) is 1.34.